The molecule has 1 aromatic rings. The van der Waals surface area contributed by atoms with Gasteiger partial charge < -0.3 is 10.1 Å². The van der Waals surface area contributed by atoms with Crippen LogP contribution in [0.25, 0.3) is 0 Å². The summed E-state index contributed by atoms with van der Waals surface area (Å²) in [6.07, 6.45) is 5.86. The number of likely N-dealkylation sites (N-methyl/N-ethyl adjacent to an activating group) is 2. The van der Waals surface area contributed by atoms with Gasteiger partial charge in [-0.2, -0.15) is 0 Å². The first-order chi connectivity index (χ1) is 11.8. The number of nitrogens with zero attached hydrogens (tertiary/aromatic N) is 4. The van der Waals surface area contributed by atoms with Gasteiger partial charge in [0.1, 0.15) is 0 Å². The quantitative estimate of drug-likeness (QED) is 0.854. The van der Waals surface area contributed by atoms with Crippen molar-refractivity contribution in [1.29, 1.82) is 0 Å². The van der Waals surface area contributed by atoms with Crippen LogP contribution in [-0.2, 0) is 18.3 Å². The summed E-state index contributed by atoms with van der Waals surface area (Å²) < 4.78 is 8.23. The van der Waals surface area contributed by atoms with Crippen LogP contribution in [0.5, 0.6) is 0 Å². The zero-order valence-corrected chi connectivity index (χ0v) is 16.6. The van der Waals surface area contributed by atoms with Crippen LogP contribution in [0.1, 0.15) is 63.3 Å². The third-order valence-electron chi connectivity index (χ3n) is 5.99. The van der Waals surface area contributed by atoms with Gasteiger partial charge in [0.05, 0.1) is 23.6 Å². The Labute approximate surface area is 152 Å². The molecule has 2 aliphatic rings. The van der Waals surface area contributed by atoms with E-state index in [4.69, 9.17) is 4.74 Å². The van der Waals surface area contributed by atoms with Crippen LogP contribution in [0.4, 0.5) is 0 Å². The largest absolute Gasteiger partial charge is 0.374 e. The molecule has 142 valence electrons. The molecular formula is C19H35N5O. The summed E-state index contributed by atoms with van der Waals surface area (Å²) >= 11 is 0. The van der Waals surface area contributed by atoms with E-state index in [1.54, 1.807) is 0 Å². The van der Waals surface area contributed by atoms with Gasteiger partial charge in [0.2, 0.25) is 0 Å². The molecule has 6 nitrogen and oxygen atoms in total. The van der Waals surface area contributed by atoms with E-state index in [0.717, 1.165) is 39.1 Å². The molecule has 25 heavy (non-hydrogen) atoms. The van der Waals surface area contributed by atoms with Crippen LogP contribution >= 0.6 is 0 Å². The minimum atomic E-state index is 0.131. The van der Waals surface area contributed by atoms with Crippen LogP contribution in [0.3, 0.4) is 0 Å². The number of nitrogens with one attached hydrogen (secondary N) is 1. The van der Waals surface area contributed by atoms with Crippen LogP contribution in [0.2, 0.25) is 0 Å². The van der Waals surface area contributed by atoms with Gasteiger partial charge in [-0.1, -0.05) is 19.1 Å². The highest BCUT2D eigenvalue weighted by molar-refractivity contribution is 5.17. The second kappa shape index (κ2) is 7.33. The molecule has 0 unspecified atom stereocenters. The zero-order valence-electron chi connectivity index (χ0n) is 16.6. The molecule has 1 aliphatic heterocycles. The molecule has 6 heteroatoms. The van der Waals surface area contributed by atoms with Gasteiger partial charge in [-0.15, -0.1) is 5.10 Å². The number of hydrogen-bond acceptors (Lipinski definition) is 5. The molecule has 1 aliphatic carbocycles. The van der Waals surface area contributed by atoms with Crippen molar-refractivity contribution in [2.45, 2.75) is 64.0 Å². The predicted molar refractivity (Wildman–Crippen MR) is 99.6 cm³/mol. The fourth-order valence-corrected chi connectivity index (χ4v) is 4.59. The number of rotatable bonds is 6. The van der Waals surface area contributed by atoms with Crippen LogP contribution < -0.4 is 5.32 Å². The van der Waals surface area contributed by atoms with Gasteiger partial charge in [-0.3, -0.25) is 9.58 Å². The lowest BCUT2D eigenvalue weighted by Gasteiger charge is -2.36. The maximum Gasteiger partial charge on any atom is 0.0903 e. The van der Waals surface area contributed by atoms with Crippen LogP contribution in [-0.4, -0.2) is 59.3 Å². The van der Waals surface area contributed by atoms with E-state index in [9.17, 15) is 0 Å². The lowest BCUT2D eigenvalue weighted by Crippen LogP contribution is -2.34. The second-order valence-corrected chi connectivity index (χ2v) is 8.97. The van der Waals surface area contributed by atoms with Crippen molar-refractivity contribution in [3.63, 3.8) is 0 Å². The summed E-state index contributed by atoms with van der Waals surface area (Å²) in [6.45, 7) is 8.50. The van der Waals surface area contributed by atoms with Crippen LogP contribution in [0, 0.1) is 5.41 Å². The molecule has 1 spiro atoms. The standard InChI is InChI=1S/C19H35N5O/c1-18(2)13-19(25-14-18)8-6-15(7-9-19)17-16(24(5)22-21-17)12-23(4)11-10-20-3/h15,20H,6-14H2,1-5H3/t15-,19+. The van der Waals surface area contributed by atoms with E-state index in [-0.39, 0.29) is 5.60 Å². The molecule has 0 bridgehead atoms. The van der Waals surface area contributed by atoms with E-state index in [1.807, 2.05) is 18.8 Å². The first-order valence-corrected chi connectivity index (χ1v) is 9.70. The molecule has 1 N–H and O–H groups in total. The second-order valence-electron chi connectivity index (χ2n) is 8.97. The Balaban J connectivity index is 1.64. The van der Waals surface area contributed by atoms with Crippen molar-refractivity contribution in [1.82, 2.24) is 25.2 Å². The van der Waals surface area contributed by atoms with Crippen LogP contribution in [0.15, 0.2) is 0 Å². The monoisotopic (exact) mass is 349 g/mol. The number of aromatic nitrogens is 3. The summed E-state index contributed by atoms with van der Waals surface area (Å²) in [5.41, 5.74) is 2.95. The molecule has 0 atom stereocenters. The molecule has 2 heterocycles. The van der Waals surface area contributed by atoms with Crippen molar-refractivity contribution >= 4 is 0 Å². The number of aryl methyl sites for hydroxylation is 1. The molecule has 1 aromatic heterocycles. The maximum absolute atomic E-state index is 6.27. The first kappa shape index (κ1) is 18.8. The minimum absolute atomic E-state index is 0.131. The highest BCUT2D eigenvalue weighted by Crippen LogP contribution is 2.49. The molecule has 2 fully saturated rings. The van der Waals surface area contributed by atoms with Crippen molar-refractivity contribution in [2.24, 2.45) is 12.5 Å². The lowest BCUT2D eigenvalue weighted by atomic mass is 9.72. The molecule has 1 saturated heterocycles. The minimum Gasteiger partial charge on any atom is -0.374 e. The van der Waals surface area contributed by atoms with Gasteiger partial charge in [0.25, 0.3) is 0 Å². The summed E-state index contributed by atoms with van der Waals surface area (Å²) in [6, 6.07) is 0. The van der Waals surface area contributed by atoms with Crippen molar-refractivity contribution in [3.8, 4) is 0 Å². The molecular weight excluding hydrogens is 314 g/mol. The number of ether oxygens (including phenoxy) is 1. The predicted octanol–water partition coefficient (Wildman–Crippen LogP) is 2.31. The Bertz CT molecular complexity index is 574. The van der Waals surface area contributed by atoms with E-state index < -0.39 is 0 Å². The fraction of sp³-hybridized carbons (Fsp3) is 0.895. The van der Waals surface area contributed by atoms with Gasteiger partial charge in [-0.05, 0) is 51.6 Å². The summed E-state index contributed by atoms with van der Waals surface area (Å²) in [7, 11) is 6.18. The average molecular weight is 350 g/mol. The molecule has 0 amide bonds. The summed E-state index contributed by atoms with van der Waals surface area (Å²) in [5, 5.41) is 12.1. The van der Waals surface area contributed by atoms with E-state index in [2.05, 4.69) is 41.4 Å². The Hall–Kier alpha value is -0.980. The van der Waals surface area contributed by atoms with Gasteiger partial charge in [0.15, 0.2) is 0 Å². The van der Waals surface area contributed by atoms with Crippen molar-refractivity contribution in [3.05, 3.63) is 11.4 Å². The maximum atomic E-state index is 6.27. The van der Waals surface area contributed by atoms with E-state index in [0.29, 0.717) is 11.3 Å². The third kappa shape index (κ3) is 4.23. The molecule has 0 aromatic carbocycles. The Morgan fingerprint density at radius 2 is 2.04 bits per heavy atom. The van der Waals surface area contributed by atoms with Crippen molar-refractivity contribution in [2.75, 3.05) is 33.8 Å². The lowest BCUT2D eigenvalue weighted by molar-refractivity contribution is -0.0296. The first-order valence-electron chi connectivity index (χ1n) is 9.70. The molecule has 1 saturated carbocycles. The highest BCUT2D eigenvalue weighted by atomic mass is 16.5. The zero-order chi connectivity index (χ0) is 18.1. The fourth-order valence-electron chi connectivity index (χ4n) is 4.59. The topological polar surface area (TPSA) is 55.2 Å². The Morgan fingerprint density at radius 3 is 2.64 bits per heavy atom. The van der Waals surface area contributed by atoms with E-state index in [1.165, 1.54) is 30.7 Å². The third-order valence-corrected chi connectivity index (χ3v) is 5.99. The Kier molecular flexibility index (Phi) is 5.51. The molecule has 3 rings (SSSR count). The highest BCUT2D eigenvalue weighted by Gasteiger charge is 2.46. The smallest absolute Gasteiger partial charge is 0.0903 e. The SMILES string of the molecule is CNCCN(C)Cc1c([C@H]2CC[C@@]3(CC2)CC(C)(C)CO3)nnn1C. The van der Waals surface area contributed by atoms with Crippen molar-refractivity contribution < 1.29 is 4.74 Å². The van der Waals surface area contributed by atoms with E-state index >= 15 is 0 Å². The summed E-state index contributed by atoms with van der Waals surface area (Å²) in [4.78, 5) is 2.34. The van der Waals surface area contributed by atoms with Gasteiger partial charge >= 0.3 is 0 Å². The normalized spacial score (nSPS) is 29.0. The molecule has 0 radical (unpaired) electrons. The average Bonchev–Trinajstić information content (AvgIpc) is 3.07. The summed E-state index contributed by atoms with van der Waals surface area (Å²) in [5.74, 6) is 0.527. The van der Waals surface area contributed by atoms with Gasteiger partial charge in [-0.25, -0.2) is 0 Å². The van der Waals surface area contributed by atoms with Gasteiger partial charge in [0, 0.05) is 32.6 Å². The Morgan fingerprint density at radius 1 is 1.32 bits per heavy atom. The number of hydrogen-bond donors (Lipinski definition) is 1.